The molecular weight excluding hydrogens is 214 g/mol. The molecule has 1 amide bonds. The molecule has 0 radical (unpaired) electrons. The molecule has 0 aromatic heterocycles. The van der Waals surface area contributed by atoms with E-state index in [0.29, 0.717) is 11.8 Å². The van der Waals surface area contributed by atoms with Crippen LogP contribution in [0.25, 0.3) is 0 Å². The van der Waals surface area contributed by atoms with Crippen LogP contribution in [0.2, 0.25) is 0 Å². The number of carbonyl (C=O) groups is 1. The molecule has 2 N–H and O–H groups in total. The number of carbonyl (C=O) groups excluding carboxylic acids is 1. The summed E-state index contributed by atoms with van der Waals surface area (Å²) >= 11 is 0. The summed E-state index contributed by atoms with van der Waals surface area (Å²) in [6, 6.07) is 0. The molecule has 98 valence electrons. The van der Waals surface area contributed by atoms with E-state index in [1.807, 2.05) is 0 Å². The maximum absolute atomic E-state index is 12.0. The lowest BCUT2D eigenvalue weighted by molar-refractivity contribution is -0.126. The Morgan fingerprint density at radius 2 is 2.00 bits per heavy atom. The van der Waals surface area contributed by atoms with Crippen LogP contribution in [0.3, 0.4) is 0 Å². The lowest BCUT2D eigenvalue weighted by Gasteiger charge is -2.26. The van der Waals surface area contributed by atoms with E-state index in [4.69, 9.17) is 0 Å². The summed E-state index contributed by atoms with van der Waals surface area (Å²) in [5.74, 6) is 1.52. The fourth-order valence-corrected chi connectivity index (χ4v) is 3.36. The second-order valence-corrected chi connectivity index (χ2v) is 5.95. The van der Waals surface area contributed by atoms with E-state index < -0.39 is 0 Å². The Balaban J connectivity index is 1.72. The molecule has 4 atom stereocenters. The molecule has 0 aromatic carbocycles. The fraction of sp³-hybridized carbons (Fsp3) is 0.929. The maximum Gasteiger partial charge on any atom is 0.223 e. The molecule has 0 heterocycles. The van der Waals surface area contributed by atoms with Crippen molar-refractivity contribution in [2.45, 2.75) is 58.0 Å². The number of rotatable bonds is 3. The normalized spacial score (nSPS) is 38.0. The first-order valence-electron chi connectivity index (χ1n) is 7.12. The molecule has 2 saturated carbocycles. The zero-order chi connectivity index (χ0) is 12.3. The van der Waals surface area contributed by atoms with Gasteiger partial charge < -0.3 is 10.4 Å². The van der Waals surface area contributed by atoms with Gasteiger partial charge in [0.05, 0.1) is 6.10 Å². The largest absolute Gasteiger partial charge is 0.393 e. The van der Waals surface area contributed by atoms with Crippen molar-refractivity contribution in [2.75, 3.05) is 6.54 Å². The minimum absolute atomic E-state index is 0.143. The van der Waals surface area contributed by atoms with Crippen molar-refractivity contribution in [3.8, 4) is 0 Å². The van der Waals surface area contributed by atoms with Crippen molar-refractivity contribution < 1.29 is 9.90 Å². The smallest absolute Gasteiger partial charge is 0.223 e. The minimum atomic E-state index is -0.143. The second kappa shape index (κ2) is 5.85. The van der Waals surface area contributed by atoms with Crippen LogP contribution in [-0.2, 0) is 4.79 Å². The van der Waals surface area contributed by atoms with Crippen LogP contribution in [-0.4, -0.2) is 23.7 Å². The molecule has 2 fully saturated rings. The molecule has 4 unspecified atom stereocenters. The summed E-state index contributed by atoms with van der Waals surface area (Å²) in [6.45, 7) is 2.95. The van der Waals surface area contributed by atoms with E-state index >= 15 is 0 Å². The van der Waals surface area contributed by atoms with E-state index in [0.717, 1.165) is 38.6 Å². The molecule has 0 aromatic rings. The van der Waals surface area contributed by atoms with Crippen molar-refractivity contribution in [3.05, 3.63) is 0 Å². The molecule has 0 saturated heterocycles. The van der Waals surface area contributed by atoms with Gasteiger partial charge in [-0.2, -0.15) is 0 Å². The van der Waals surface area contributed by atoms with Gasteiger partial charge in [0, 0.05) is 12.5 Å². The predicted molar refractivity (Wildman–Crippen MR) is 67.5 cm³/mol. The highest BCUT2D eigenvalue weighted by molar-refractivity contribution is 5.79. The van der Waals surface area contributed by atoms with Gasteiger partial charge in [-0.25, -0.2) is 0 Å². The molecule has 3 nitrogen and oxygen atoms in total. The summed E-state index contributed by atoms with van der Waals surface area (Å²) in [5, 5.41) is 12.7. The van der Waals surface area contributed by atoms with Crippen molar-refractivity contribution in [1.82, 2.24) is 5.32 Å². The predicted octanol–water partition coefficient (Wildman–Crippen LogP) is 2.09. The second-order valence-electron chi connectivity index (χ2n) is 5.95. The number of hydrogen-bond acceptors (Lipinski definition) is 2. The number of aliphatic hydroxyl groups excluding tert-OH is 1. The first kappa shape index (κ1) is 12.9. The molecule has 2 rings (SSSR count). The van der Waals surface area contributed by atoms with Crippen LogP contribution in [0, 0.1) is 17.8 Å². The Labute approximate surface area is 104 Å². The average molecular weight is 239 g/mol. The third-order valence-corrected chi connectivity index (χ3v) is 4.52. The van der Waals surface area contributed by atoms with Crippen molar-refractivity contribution in [1.29, 1.82) is 0 Å². The number of amides is 1. The van der Waals surface area contributed by atoms with Crippen molar-refractivity contribution in [3.63, 3.8) is 0 Å². The van der Waals surface area contributed by atoms with Gasteiger partial charge in [0.1, 0.15) is 0 Å². The topological polar surface area (TPSA) is 49.3 Å². The first-order valence-corrected chi connectivity index (χ1v) is 7.12. The van der Waals surface area contributed by atoms with E-state index in [1.165, 1.54) is 12.8 Å². The van der Waals surface area contributed by atoms with Crippen molar-refractivity contribution in [2.24, 2.45) is 17.8 Å². The maximum atomic E-state index is 12.0. The summed E-state index contributed by atoms with van der Waals surface area (Å²) in [6.07, 6.45) is 7.35. The lowest BCUT2D eigenvalue weighted by atomic mass is 9.87. The zero-order valence-corrected chi connectivity index (χ0v) is 10.8. The van der Waals surface area contributed by atoms with Crippen LogP contribution in [0.1, 0.15) is 51.9 Å². The van der Waals surface area contributed by atoms with Crippen molar-refractivity contribution >= 4 is 5.91 Å². The summed E-state index contributed by atoms with van der Waals surface area (Å²) in [7, 11) is 0. The Hall–Kier alpha value is -0.570. The van der Waals surface area contributed by atoms with Gasteiger partial charge in [-0.1, -0.05) is 19.8 Å². The lowest BCUT2D eigenvalue weighted by Crippen LogP contribution is -2.37. The fourth-order valence-electron chi connectivity index (χ4n) is 3.36. The molecular formula is C14H25NO2. The highest BCUT2D eigenvalue weighted by Gasteiger charge is 2.30. The molecule has 2 aliphatic rings. The molecule has 17 heavy (non-hydrogen) atoms. The van der Waals surface area contributed by atoms with Gasteiger partial charge in [-0.3, -0.25) is 4.79 Å². The highest BCUT2D eigenvalue weighted by Crippen LogP contribution is 2.31. The first-order chi connectivity index (χ1) is 8.16. The summed E-state index contributed by atoms with van der Waals surface area (Å²) in [4.78, 5) is 12.0. The molecule has 0 spiro atoms. The third-order valence-electron chi connectivity index (χ3n) is 4.52. The summed E-state index contributed by atoms with van der Waals surface area (Å²) in [5.41, 5.74) is 0. The number of aliphatic hydroxyl groups is 1. The highest BCUT2D eigenvalue weighted by atomic mass is 16.3. The van der Waals surface area contributed by atoms with Crippen LogP contribution in [0.5, 0.6) is 0 Å². The monoisotopic (exact) mass is 239 g/mol. The van der Waals surface area contributed by atoms with Crippen LogP contribution in [0.4, 0.5) is 0 Å². The van der Waals surface area contributed by atoms with E-state index in [1.54, 1.807) is 0 Å². The SMILES string of the molecule is CC1CCCC1C(=O)NCC1CCCC(O)C1. The van der Waals surface area contributed by atoms with Gasteiger partial charge in [-0.05, 0) is 43.9 Å². The van der Waals surface area contributed by atoms with E-state index in [9.17, 15) is 9.90 Å². The minimum Gasteiger partial charge on any atom is -0.393 e. The average Bonchev–Trinajstić information content (AvgIpc) is 2.72. The number of hydrogen-bond donors (Lipinski definition) is 2. The van der Waals surface area contributed by atoms with Gasteiger partial charge >= 0.3 is 0 Å². The number of nitrogens with one attached hydrogen (secondary N) is 1. The molecule has 2 aliphatic carbocycles. The Bertz CT molecular complexity index is 267. The summed E-state index contributed by atoms with van der Waals surface area (Å²) < 4.78 is 0. The van der Waals surface area contributed by atoms with Gasteiger partial charge in [0.25, 0.3) is 0 Å². The van der Waals surface area contributed by atoms with E-state index in [-0.39, 0.29) is 17.9 Å². The van der Waals surface area contributed by atoms with Gasteiger partial charge in [0.2, 0.25) is 5.91 Å². The quantitative estimate of drug-likeness (QED) is 0.792. The third kappa shape index (κ3) is 3.44. The standard InChI is InChI=1S/C14H25NO2/c1-10-4-2-7-13(10)14(17)15-9-11-5-3-6-12(16)8-11/h10-13,16H,2-9H2,1H3,(H,15,17). The molecule has 0 aliphatic heterocycles. The Morgan fingerprint density at radius 3 is 2.65 bits per heavy atom. The Morgan fingerprint density at radius 1 is 1.24 bits per heavy atom. The molecule has 3 heteroatoms. The Kier molecular flexibility index (Phi) is 4.43. The van der Waals surface area contributed by atoms with Crippen LogP contribution >= 0.6 is 0 Å². The van der Waals surface area contributed by atoms with Crippen LogP contribution < -0.4 is 5.32 Å². The van der Waals surface area contributed by atoms with Gasteiger partial charge in [0.15, 0.2) is 0 Å². The van der Waals surface area contributed by atoms with Crippen LogP contribution in [0.15, 0.2) is 0 Å². The van der Waals surface area contributed by atoms with E-state index in [2.05, 4.69) is 12.2 Å². The molecule has 0 bridgehead atoms. The van der Waals surface area contributed by atoms with Gasteiger partial charge in [-0.15, -0.1) is 0 Å². The zero-order valence-electron chi connectivity index (χ0n) is 10.8.